The summed E-state index contributed by atoms with van der Waals surface area (Å²) in [6.45, 7) is 4.15. The lowest BCUT2D eigenvalue weighted by atomic mass is 9.99. The van der Waals surface area contributed by atoms with E-state index in [1.165, 1.54) is 0 Å². The lowest BCUT2D eigenvalue weighted by Gasteiger charge is -2.15. The number of hydrogen-bond donors (Lipinski definition) is 1. The molecule has 0 bridgehead atoms. The van der Waals surface area contributed by atoms with Crippen molar-refractivity contribution in [1.29, 1.82) is 0 Å². The molecule has 0 aliphatic rings. The molecule has 0 amide bonds. The molecule has 0 heterocycles. The fraction of sp³-hybridized carbons (Fsp3) is 0.500. The summed E-state index contributed by atoms with van der Waals surface area (Å²) in [6.07, 6.45) is 1.53. The van der Waals surface area contributed by atoms with E-state index in [-0.39, 0.29) is 6.61 Å². The Hall–Kier alpha value is -0.730. The van der Waals surface area contributed by atoms with Crippen LogP contribution in [0.25, 0.3) is 0 Å². The molecule has 0 saturated heterocycles. The molecule has 0 saturated carbocycles. The minimum Gasteiger partial charge on any atom is -0.496 e. The van der Waals surface area contributed by atoms with Gasteiger partial charge in [0.15, 0.2) is 0 Å². The summed E-state index contributed by atoms with van der Waals surface area (Å²) in [7, 11) is 1.66. The van der Waals surface area contributed by atoms with E-state index in [0.29, 0.717) is 0 Å². The Morgan fingerprint density at radius 3 is 2.60 bits per heavy atom. The van der Waals surface area contributed by atoms with Crippen molar-refractivity contribution in [2.45, 2.75) is 26.7 Å². The largest absolute Gasteiger partial charge is 0.496 e. The van der Waals surface area contributed by atoms with Gasteiger partial charge in [0.25, 0.3) is 0 Å². The van der Waals surface area contributed by atoms with Crippen molar-refractivity contribution in [1.82, 2.24) is 0 Å². The van der Waals surface area contributed by atoms with E-state index in [0.717, 1.165) is 40.3 Å². The first-order valence-corrected chi connectivity index (χ1v) is 5.43. The number of halogens is 1. The van der Waals surface area contributed by atoms with E-state index in [1.807, 2.05) is 19.9 Å². The fourth-order valence-electron chi connectivity index (χ4n) is 1.76. The van der Waals surface area contributed by atoms with Gasteiger partial charge in [-0.15, -0.1) is 0 Å². The molecular weight excluding hydrogens is 212 g/mol. The molecule has 0 aliphatic carbocycles. The Labute approximate surface area is 95.8 Å². The highest BCUT2D eigenvalue weighted by atomic mass is 35.5. The smallest absolute Gasteiger partial charge is 0.125 e. The van der Waals surface area contributed by atoms with Crippen molar-refractivity contribution in [3.8, 4) is 5.75 Å². The molecule has 0 aliphatic heterocycles. The van der Waals surface area contributed by atoms with Crippen molar-refractivity contribution in [3.63, 3.8) is 0 Å². The Balaban J connectivity index is 3.18. The number of benzene rings is 1. The number of rotatable bonds is 4. The van der Waals surface area contributed by atoms with E-state index < -0.39 is 0 Å². The summed E-state index contributed by atoms with van der Waals surface area (Å²) < 4.78 is 5.37. The van der Waals surface area contributed by atoms with Gasteiger partial charge in [-0.05, 0) is 49.4 Å². The zero-order valence-corrected chi connectivity index (χ0v) is 10.2. The van der Waals surface area contributed by atoms with Crippen LogP contribution in [-0.2, 0) is 6.42 Å². The molecule has 15 heavy (non-hydrogen) atoms. The van der Waals surface area contributed by atoms with Crippen molar-refractivity contribution >= 4 is 11.6 Å². The summed E-state index contributed by atoms with van der Waals surface area (Å²) in [5.74, 6) is 0.894. The number of aryl methyl sites for hydroxylation is 1. The van der Waals surface area contributed by atoms with Crippen LogP contribution in [0.5, 0.6) is 5.75 Å². The predicted octanol–water partition coefficient (Wildman–Crippen LogP) is 2.89. The normalized spacial score (nSPS) is 10.5. The monoisotopic (exact) mass is 228 g/mol. The second kappa shape index (κ2) is 5.38. The maximum atomic E-state index is 8.85. The molecule has 1 aromatic rings. The summed E-state index contributed by atoms with van der Waals surface area (Å²) >= 11 is 6.11. The first-order valence-electron chi connectivity index (χ1n) is 5.05. The van der Waals surface area contributed by atoms with Crippen molar-refractivity contribution in [3.05, 3.63) is 27.8 Å². The van der Waals surface area contributed by atoms with Crippen LogP contribution < -0.4 is 4.74 Å². The molecule has 0 atom stereocenters. The third-order valence-electron chi connectivity index (χ3n) is 2.58. The van der Waals surface area contributed by atoms with Crippen LogP contribution in [0.3, 0.4) is 0 Å². The van der Waals surface area contributed by atoms with Crippen molar-refractivity contribution < 1.29 is 9.84 Å². The molecule has 1 N–H and O–H groups in total. The Morgan fingerprint density at radius 2 is 2.07 bits per heavy atom. The Morgan fingerprint density at radius 1 is 1.40 bits per heavy atom. The second-order valence-corrected chi connectivity index (χ2v) is 4.05. The van der Waals surface area contributed by atoms with Gasteiger partial charge in [0.1, 0.15) is 5.75 Å². The molecule has 1 rings (SSSR count). The number of aliphatic hydroxyl groups excluding tert-OH is 1. The number of methoxy groups -OCH3 is 1. The van der Waals surface area contributed by atoms with Crippen LogP contribution in [0.15, 0.2) is 6.07 Å². The zero-order chi connectivity index (χ0) is 11.4. The minimum absolute atomic E-state index is 0.189. The summed E-state index contributed by atoms with van der Waals surface area (Å²) in [5, 5.41) is 9.61. The summed E-state index contributed by atoms with van der Waals surface area (Å²) in [4.78, 5) is 0. The molecule has 0 aromatic heterocycles. The van der Waals surface area contributed by atoms with E-state index in [4.69, 9.17) is 21.4 Å². The summed E-state index contributed by atoms with van der Waals surface area (Å²) in [5.41, 5.74) is 3.20. The fourth-order valence-corrected chi connectivity index (χ4v) is 2.04. The first kappa shape index (κ1) is 12.3. The lowest BCUT2D eigenvalue weighted by Crippen LogP contribution is -2.00. The van der Waals surface area contributed by atoms with Crippen LogP contribution in [0.4, 0.5) is 0 Å². The molecule has 0 spiro atoms. The minimum atomic E-state index is 0.189. The van der Waals surface area contributed by atoms with E-state index in [1.54, 1.807) is 7.11 Å². The van der Waals surface area contributed by atoms with Gasteiger partial charge in [0.2, 0.25) is 0 Å². The SMILES string of the molecule is COc1c(C)cc(Cl)c(C)c1CCCO. The van der Waals surface area contributed by atoms with E-state index in [2.05, 4.69) is 0 Å². The molecule has 0 fully saturated rings. The summed E-state index contributed by atoms with van der Waals surface area (Å²) in [6, 6.07) is 1.91. The molecule has 1 aromatic carbocycles. The maximum absolute atomic E-state index is 8.85. The van der Waals surface area contributed by atoms with Gasteiger partial charge >= 0.3 is 0 Å². The van der Waals surface area contributed by atoms with Gasteiger partial charge in [0.05, 0.1) is 7.11 Å². The molecular formula is C12H17ClO2. The topological polar surface area (TPSA) is 29.5 Å². The second-order valence-electron chi connectivity index (χ2n) is 3.64. The van der Waals surface area contributed by atoms with Crippen LogP contribution in [0.1, 0.15) is 23.1 Å². The molecule has 0 radical (unpaired) electrons. The molecule has 0 unspecified atom stereocenters. The van der Waals surface area contributed by atoms with Crippen LogP contribution in [0, 0.1) is 13.8 Å². The average molecular weight is 229 g/mol. The highest BCUT2D eigenvalue weighted by Gasteiger charge is 2.12. The van der Waals surface area contributed by atoms with Crippen LogP contribution in [-0.4, -0.2) is 18.8 Å². The average Bonchev–Trinajstić information content (AvgIpc) is 2.21. The Kier molecular flexibility index (Phi) is 4.43. The van der Waals surface area contributed by atoms with Gasteiger partial charge in [-0.3, -0.25) is 0 Å². The Bertz CT molecular complexity index is 348. The third-order valence-corrected chi connectivity index (χ3v) is 2.97. The maximum Gasteiger partial charge on any atom is 0.125 e. The van der Waals surface area contributed by atoms with E-state index in [9.17, 15) is 0 Å². The molecule has 2 nitrogen and oxygen atoms in total. The van der Waals surface area contributed by atoms with Gasteiger partial charge < -0.3 is 9.84 Å². The molecule has 84 valence electrons. The highest BCUT2D eigenvalue weighted by Crippen LogP contribution is 2.32. The lowest BCUT2D eigenvalue weighted by molar-refractivity contribution is 0.287. The van der Waals surface area contributed by atoms with Crippen molar-refractivity contribution in [2.75, 3.05) is 13.7 Å². The predicted molar refractivity (Wildman–Crippen MR) is 62.9 cm³/mol. The number of ether oxygens (including phenoxy) is 1. The zero-order valence-electron chi connectivity index (χ0n) is 9.43. The van der Waals surface area contributed by atoms with Gasteiger partial charge in [0, 0.05) is 11.6 Å². The van der Waals surface area contributed by atoms with Gasteiger partial charge in [-0.2, -0.15) is 0 Å². The quantitative estimate of drug-likeness (QED) is 0.859. The van der Waals surface area contributed by atoms with Gasteiger partial charge in [-0.25, -0.2) is 0 Å². The highest BCUT2D eigenvalue weighted by molar-refractivity contribution is 6.31. The standard InChI is InChI=1S/C12H17ClO2/c1-8-7-11(13)9(2)10(5-4-6-14)12(8)15-3/h7,14H,4-6H2,1-3H3. The first-order chi connectivity index (χ1) is 7.11. The van der Waals surface area contributed by atoms with Crippen molar-refractivity contribution in [2.24, 2.45) is 0 Å². The third kappa shape index (κ3) is 2.64. The van der Waals surface area contributed by atoms with Crippen LogP contribution in [0.2, 0.25) is 5.02 Å². The number of aliphatic hydroxyl groups is 1. The van der Waals surface area contributed by atoms with Crippen LogP contribution >= 0.6 is 11.6 Å². The number of hydrogen-bond acceptors (Lipinski definition) is 2. The van der Waals surface area contributed by atoms with Gasteiger partial charge in [-0.1, -0.05) is 11.6 Å². The van der Waals surface area contributed by atoms with E-state index >= 15 is 0 Å². The molecule has 3 heteroatoms.